The van der Waals surface area contributed by atoms with Crippen molar-refractivity contribution in [1.82, 2.24) is 0 Å². The number of nitrogens with two attached hydrogens (primary N) is 2. The Morgan fingerprint density at radius 3 is 2.42 bits per heavy atom. The Morgan fingerprint density at radius 2 is 1.92 bits per heavy atom. The van der Waals surface area contributed by atoms with Gasteiger partial charge >= 0.3 is 0 Å². The minimum atomic E-state index is -1.06. The Hall–Kier alpha value is -2.26. The summed E-state index contributed by atoms with van der Waals surface area (Å²) in [4.78, 5) is 16.6. The number of nitriles is 1. The molecule has 0 radical (unpaired) electrons. The molecule has 2 fully saturated rings. The summed E-state index contributed by atoms with van der Waals surface area (Å²) in [6.45, 7) is 1.76. The number of halogens is 1. The standard InChI is InChI=1S/C19H23ClN4O2/c1-17(10-11-21,26-14-4-2-13(20)3-5-14)15(22)24-19-8-6-18(12-19,7-9-19)16(23)25/h2-5H,6-10,12H2,1H3,(H2,22,24)(H2,23,25). The molecule has 1 amide bonds. The predicted octanol–water partition coefficient (Wildman–Crippen LogP) is 2.94. The molecule has 26 heavy (non-hydrogen) atoms. The van der Waals surface area contributed by atoms with Crippen LogP contribution in [0.3, 0.4) is 0 Å². The molecule has 4 N–H and O–H groups in total. The van der Waals surface area contributed by atoms with E-state index < -0.39 is 11.0 Å². The zero-order valence-electron chi connectivity index (χ0n) is 14.8. The van der Waals surface area contributed by atoms with Gasteiger partial charge in [-0.25, -0.2) is 0 Å². The zero-order valence-corrected chi connectivity index (χ0v) is 15.6. The molecular formula is C19H23ClN4O2. The van der Waals surface area contributed by atoms with Crippen molar-refractivity contribution >= 4 is 23.3 Å². The van der Waals surface area contributed by atoms with Gasteiger partial charge in [-0.15, -0.1) is 0 Å². The number of hydrogen-bond acceptors (Lipinski definition) is 4. The predicted molar refractivity (Wildman–Crippen MR) is 99.8 cm³/mol. The van der Waals surface area contributed by atoms with E-state index in [9.17, 15) is 10.1 Å². The van der Waals surface area contributed by atoms with E-state index in [-0.39, 0.29) is 23.7 Å². The van der Waals surface area contributed by atoms with Crippen LogP contribution in [0.2, 0.25) is 5.02 Å². The molecule has 0 aromatic heterocycles. The van der Waals surface area contributed by atoms with Gasteiger partial charge in [0.25, 0.3) is 0 Å². The maximum Gasteiger partial charge on any atom is 0.223 e. The van der Waals surface area contributed by atoms with Gasteiger partial charge in [0, 0.05) is 5.02 Å². The Balaban J connectivity index is 1.86. The molecule has 1 aromatic rings. The molecule has 0 saturated heterocycles. The van der Waals surface area contributed by atoms with Gasteiger partial charge in [-0.05, 0) is 63.3 Å². The summed E-state index contributed by atoms with van der Waals surface area (Å²) < 4.78 is 6.02. The second-order valence-corrected chi connectivity index (χ2v) is 8.10. The van der Waals surface area contributed by atoms with E-state index in [0.29, 0.717) is 17.2 Å². The fraction of sp³-hybridized carbons (Fsp3) is 0.526. The number of amidine groups is 1. The van der Waals surface area contributed by atoms with Crippen molar-refractivity contribution in [3.05, 3.63) is 29.3 Å². The number of ether oxygens (including phenoxy) is 1. The lowest BCUT2D eigenvalue weighted by Crippen LogP contribution is -2.48. The van der Waals surface area contributed by atoms with E-state index in [1.165, 1.54) is 0 Å². The van der Waals surface area contributed by atoms with Crippen molar-refractivity contribution < 1.29 is 9.53 Å². The Morgan fingerprint density at radius 1 is 1.31 bits per heavy atom. The molecule has 3 rings (SSSR count). The van der Waals surface area contributed by atoms with Crippen molar-refractivity contribution in [1.29, 1.82) is 5.26 Å². The summed E-state index contributed by atoms with van der Waals surface area (Å²) in [5.41, 5.74) is 10.1. The smallest absolute Gasteiger partial charge is 0.223 e. The number of nitrogens with zero attached hydrogens (tertiary/aromatic N) is 2. The van der Waals surface area contributed by atoms with Crippen LogP contribution in [0.1, 0.15) is 45.4 Å². The van der Waals surface area contributed by atoms with Crippen LogP contribution < -0.4 is 16.2 Å². The van der Waals surface area contributed by atoms with Crippen molar-refractivity contribution in [2.24, 2.45) is 21.9 Å². The molecular weight excluding hydrogens is 352 g/mol. The molecule has 2 bridgehead atoms. The van der Waals surface area contributed by atoms with Crippen molar-refractivity contribution in [2.45, 2.75) is 56.6 Å². The maximum absolute atomic E-state index is 11.8. The van der Waals surface area contributed by atoms with E-state index in [0.717, 1.165) is 25.7 Å². The maximum atomic E-state index is 11.8. The van der Waals surface area contributed by atoms with Crippen LogP contribution in [0.4, 0.5) is 0 Å². The molecule has 2 aliphatic rings. The summed E-state index contributed by atoms with van der Waals surface area (Å²) in [6, 6.07) is 9.01. The number of amides is 1. The third-order valence-corrected chi connectivity index (χ3v) is 6.05. The summed E-state index contributed by atoms with van der Waals surface area (Å²) in [6.07, 6.45) is 3.72. The highest BCUT2D eigenvalue weighted by Crippen LogP contribution is 2.58. The molecule has 0 spiro atoms. The number of aliphatic imine (C=N–C) groups is 1. The van der Waals surface area contributed by atoms with E-state index in [1.807, 2.05) is 0 Å². The minimum Gasteiger partial charge on any atom is -0.479 e. The first-order chi connectivity index (χ1) is 12.2. The lowest BCUT2D eigenvalue weighted by molar-refractivity contribution is -0.127. The lowest BCUT2D eigenvalue weighted by atomic mass is 9.83. The molecule has 2 aliphatic carbocycles. The average molecular weight is 375 g/mol. The molecule has 2 saturated carbocycles. The normalized spacial score (nSPS) is 29.8. The largest absolute Gasteiger partial charge is 0.479 e. The number of primary amides is 1. The van der Waals surface area contributed by atoms with Gasteiger partial charge in [-0.2, -0.15) is 5.26 Å². The second kappa shape index (κ2) is 6.48. The van der Waals surface area contributed by atoms with Gasteiger partial charge in [0.15, 0.2) is 5.60 Å². The molecule has 6 nitrogen and oxygen atoms in total. The van der Waals surface area contributed by atoms with Crippen LogP contribution in [-0.4, -0.2) is 22.9 Å². The lowest BCUT2D eigenvalue weighted by Gasteiger charge is -2.31. The van der Waals surface area contributed by atoms with Crippen LogP contribution in [0.25, 0.3) is 0 Å². The van der Waals surface area contributed by atoms with Gasteiger partial charge in [-0.3, -0.25) is 9.79 Å². The summed E-state index contributed by atoms with van der Waals surface area (Å²) in [5.74, 6) is 0.589. The summed E-state index contributed by atoms with van der Waals surface area (Å²) in [5, 5.41) is 9.85. The second-order valence-electron chi connectivity index (χ2n) is 7.66. The first-order valence-electron chi connectivity index (χ1n) is 8.70. The van der Waals surface area contributed by atoms with Gasteiger partial charge in [0.2, 0.25) is 5.91 Å². The third kappa shape index (κ3) is 3.24. The van der Waals surface area contributed by atoms with E-state index in [2.05, 4.69) is 6.07 Å². The SMILES string of the molecule is CC(CC#N)(Oc1ccc(Cl)cc1)C(N)=NC12CCC(C(N)=O)(CC1)C2. The molecule has 0 aliphatic heterocycles. The van der Waals surface area contributed by atoms with Gasteiger partial charge in [-0.1, -0.05) is 11.6 Å². The third-order valence-electron chi connectivity index (χ3n) is 5.80. The zero-order chi connectivity index (χ0) is 19.0. The van der Waals surface area contributed by atoms with Gasteiger partial charge < -0.3 is 16.2 Å². The fourth-order valence-corrected chi connectivity index (χ4v) is 4.25. The minimum absolute atomic E-state index is 0.0575. The first-order valence-corrected chi connectivity index (χ1v) is 9.08. The Labute approximate surface area is 158 Å². The van der Waals surface area contributed by atoms with E-state index in [1.54, 1.807) is 31.2 Å². The number of carbonyl (C=O) groups excluding carboxylic acids is 1. The Bertz CT molecular complexity index is 776. The van der Waals surface area contributed by atoms with E-state index in [4.69, 9.17) is 32.8 Å². The number of fused-ring (bicyclic) bond motifs is 2. The van der Waals surface area contributed by atoms with Crippen LogP contribution in [-0.2, 0) is 4.79 Å². The number of carbonyl (C=O) groups is 1. The molecule has 138 valence electrons. The van der Waals surface area contributed by atoms with Crippen LogP contribution in [0.5, 0.6) is 5.75 Å². The topological polar surface area (TPSA) is 114 Å². The van der Waals surface area contributed by atoms with Crippen molar-refractivity contribution in [3.63, 3.8) is 0 Å². The molecule has 1 aromatic carbocycles. The highest BCUT2D eigenvalue weighted by molar-refractivity contribution is 6.30. The van der Waals surface area contributed by atoms with Crippen molar-refractivity contribution in [2.75, 3.05) is 0 Å². The quantitative estimate of drug-likeness (QED) is 0.588. The highest BCUT2D eigenvalue weighted by Gasteiger charge is 2.58. The van der Waals surface area contributed by atoms with Gasteiger partial charge in [0.05, 0.1) is 23.4 Å². The fourth-order valence-electron chi connectivity index (χ4n) is 4.13. The average Bonchev–Trinajstić information content (AvgIpc) is 3.14. The van der Waals surface area contributed by atoms with Crippen LogP contribution in [0.15, 0.2) is 29.3 Å². The summed E-state index contributed by atoms with van der Waals surface area (Å²) >= 11 is 5.91. The number of benzene rings is 1. The van der Waals surface area contributed by atoms with E-state index >= 15 is 0 Å². The molecule has 1 unspecified atom stereocenters. The molecule has 1 atom stereocenters. The van der Waals surface area contributed by atoms with Crippen molar-refractivity contribution in [3.8, 4) is 11.8 Å². The van der Waals surface area contributed by atoms with Crippen LogP contribution in [0, 0.1) is 16.7 Å². The summed E-state index contributed by atoms with van der Waals surface area (Å²) in [7, 11) is 0. The van der Waals surface area contributed by atoms with Crippen LogP contribution >= 0.6 is 11.6 Å². The molecule has 0 heterocycles. The Kier molecular flexibility index (Phi) is 4.61. The highest BCUT2D eigenvalue weighted by atomic mass is 35.5. The number of hydrogen-bond donors (Lipinski definition) is 2. The monoisotopic (exact) mass is 374 g/mol. The van der Waals surface area contributed by atoms with Gasteiger partial charge in [0.1, 0.15) is 11.6 Å². The molecule has 7 heteroatoms. The first kappa shape index (κ1) is 18.5. The number of rotatable bonds is 6.